The lowest BCUT2D eigenvalue weighted by Gasteiger charge is -2.39. The summed E-state index contributed by atoms with van der Waals surface area (Å²) in [6.07, 6.45) is -0.302. The number of nitrogens with two attached hydrogens (primary N) is 1. The topological polar surface area (TPSA) is 92.9 Å². The third-order valence-electron chi connectivity index (χ3n) is 5.55. The van der Waals surface area contributed by atoms with E-state index in [1.807, 2.05) is 24.3 Å². The summed E-state index contributed by atoms with van der Waals surface area (Å²) in [7, 11) is 0. The number of amides is 1. The highest BCUT2D eigenvalue weighted by Crippen LogP contribution is 2.37. The Kier molecular flexibility index (Phi) is 4.64. The van der Waals surface area contributed by atoms with Crippen LogP contribution in [0.5, 0.6) is 0 Å². The summed E-state index contributed by atoms with van der Waals surface area (Å²) in [5.41, 5.74) is 7.20. The molecule has 2 aliphatic heterocycles. The molecule has 2 aromatic carbocycles. The molecule has 3 atom stereocenters. The lowest BCUT2D eigenvalue weighted by atomic mass is 9.87. The molecule has 0 aromatic heterocycles. The van der Waals surface area contributed by atoms with Crippen LogP contribution in [0.4, 0.5) is 4.39 Å². The highest BCUT2D eigenvalue weighted by Gasteiger charge is 2.48. The van der Waals surface area contributed by atoms with Gasteiger partial charge in [0.1, 0.15) is 17.5 Å². The van der Waals surface area contributed by atoms with Crippen LogP contribution in [0.15, 0.2) is 48.5 Å². The van der Waals surface area contributed by atoms with E-state index in [1.165, 1.54) is 12.1 Å². The fraction of sp³-hybridized carbons (Fsp3) is 0.333. The number of aliphatic carboxylic acids is 1. The second kappa shape index (κ2) is 7.00. The number of carbonyl (C=O) groups is 2. The van der Waals surface area contributed by atoms with Gasteiger partial charge in [0.25, 0.3) is 5.91 Å². The number of carbonyl (C=O) groups excluding carboxylic acids is 1. The largest absolute Gasteiger partial charge is 0.480 e. The van der Waals surface area contributed by atoms with Gasteiger partial charge in [-0.25, -0.2) is 4.39 Å². The van der Waals surface area contributed by atoms with E-state index in [1.54, 1.807) is 17.0 Å². The van der Waals surface area contributed by atoms with Gasteiger partial charge in [-0.1, -0.05) is 36.4 Å². The van der Waals surface area contributed by atoms with E-state index in [-0.39, 0.29) is 30.8 Å². The second-order valence-electron chi connectivity index (χ2n) is 7.40. The predicted molar refractivity (Wildman–Crippen MR) is 99.0 cm³/mol. The lowest BCUT2D eigenvalue weighted by Crippen LogP contribution is -2.50. The molecular formula is C21H21FN2O4. The molecule has 1 amide bonds. The van der Waals surface area contributed by atoms with E-state index in [4.69, 9.17) is 10.5 Å². The van der Waals surface area contributed by atoms with Crippen LogP contribution in [0, 0.1) is 5.82 Å². The minimum atomic E-state index is -1.56. The van der Waals surface area contributed by atoms with Crippen LogP contribution >= 0.6 is 0 Å². The first-order valence-corrected chi connectivity index (χ1v) is 9.17. The third-order valence-corrected chi connectivity index (χ3v) is 5.55. The van der Waals surface area contributed by atoms with Crippen LogP contribution in [-0.2, 0) is 20.7 Å². The molecule has 0 saturated carbocycles. The van der Waals surface area contributed by atoms with Gasteiger partial charge in [0.05, 0.1) is 12.6 Å². The number of fused-ring (bicyclic) bond motifs is 1. The quantitative estimate of drug-likeness (QED) is 0.843. The summed E-state index contributed by atoms with van der Waals surface area (Å²) in [4.78, 5) is 26.3. The SMILES string of the molecule is NC1(C(=O)O)COC(C(=O)N2CCc3ccccc3[C@@H]2c2ccc(F)cc2)C1. The van der Waals surface area contributed by atoms with E-state index < -0.39 is 17.6 Å². The zero-order valence-electron chi connectivity index (χ0n) is 15.2. The van der Waals surface area contributed by atoms with Gasteiger partial charge in [-0.05, 0) is 35.2 Å². The first-order valence-electron chi connectivity index (χ1n) is 9.17. The van der Waals surface area contributed by atoms with E-state index in [9.17, 15) is 19.1 Å². The molecule has 1 fully saturated rings. The maximum absolute atomic E-state index is 13.4. The summed E-state index contributed by atoms with van der Waals surface area (Å²) in [6.45, 7) is 0.257. The number of hydrogen-bond donors (Lipinski definition) is 2. The molecule has 4 rings (SSSR count). The molecule has 2 aromatic rings. The minimum Gasteiger partial charge on any atom is -0.480 e. The number of carboxylic acid groups (broad SMARTS) is 1. The van der Waals surface area contributed by atoms with Crippen molar-refractivity contribution in [2.75, 3.05) is 13.2 Å². The number of benzene rings is 2. The zero-order chi connectivity index (χ0) is 19.9. The average Bonchev–Trinajstić information content (AvgIpc) is 3.11. The summed E-state index contributed by atoms with van der Waals surface area (Å²) in [5.74, 6) is -1.82. The van der Waals surface area contributed by atoms with Gasteiger partial charge in [-0.3, -0.25) is 9.59 Å². The molecular weight excluding hydrogens is 363 g/mol. The molecule has 2 heterocycles. The van der Waals surface area contributed by atoms with Crippen LogP contribution in [0.2, 0.25) is 0 Å². The van der Waals surface area contributed by atoms with Crippen LogP contribution in [0.25, 0.3) is 0 Å². The van der Waals surface area contributed by atoms with Gasteiger partial charge in [0, 0.05) is 13.0 Å². The fourth-order valence-electron chi connectivity index (χ4n) is 4.00. The van der Waals surface area contributed by atoms with E-state index in [2.05, 4.69) is 0 Å². The first-order chi connectivity index (χ1) is 13.4. The molecule has 2 unspecified atom stereocenters. The number of hydrogen-bond acceptors (Lipinski definition) is 4. The number of nitrogens with zero attached hydrogens (tertiary/aromatic N) is 1. The number of rotatable bonds is 3. The van der Waals surface area contributed by atoms with E-state index in [0.29, 0.717) is 13.0 Å². The molecule has 28 heavy (non-hydrogen) atoms. The van der Waals surface area contributed by atoms with Crippen molar-refractivity contribution in [1.82, 2.24) is 4.90 Å². The summed E-state index contributed by atoms with van der Waals surface area (Å²) < 4.78 is 18.9. The standard InChI is InChI=1S/C21H21FN2O4/c22-15-7-5-14(6-8-15)18-16-4-2-1-3-13(16)9-10-24(18)19(25)17-11-21(23,12-28-17)20(26)27/h1-8,17-18H,9-12,23H2,(H,26,27)/t17?,18-,21?/m0/s1. The van der Waals surface area contributed by atoms with Crippen LogP contribution in [0.1, 0.15) is 29.2 Å². The Morgan fingerprint density at radius 3 is 2.57 bits per heavy atom. The van der Waals surface area contributed by atoms with Crippen molar-refractivity contribution in [3.63, 3.8) is 0 Å². The molecule has 0 bridgehead atoms. The molecule has 0 radical (unpaired) electrons. The molecule has 1 saturated heterocycles. The number of ether oxygens (including phenoxy) is 1. The number of carboxylic acids is 1. The summed E-state index contributed by atoms with van der Waals surface area (Å²) in [6, 6.07) is 13.5. The van der Waals surface area contributed by atoms with Crippen molar-refractivity contribution in [3.8, 4) is 0 Å². The Morgan fingerprint density at radius 2 is 1.89 bits per heavy atom. The Hall–Kier alpha value is -2.77. The molecule has 7 heteroatoms. The van der Waals surface area contributed by atoms with Crippen molar-refractivity contribution < 1.29 is 23.8 Å². The third kappa shape index (κ3) is 3.16. The first kappa shape index (κ1) is 18.6. The zero-order valence-corrected chi connectivity index (χ0v) is 15.2. The van der Waals surface area contributed by atoms with Crippen molar-refractivity contribution in [2.45, 2.75) is 30.5 Å². The van der Waals surface area contributed by atoms with Crippen molar-refractivity contribution in [1.29, 1.82) is 0 Å². The molecule has 6 nitrogen and oxygen atoms in total. The normalized spacial score (nSPS) is 26.7. The maximum atomic E-state index is 13.4. The minimum absolute atomic E-state index is 0.0740. The van der Waals surface area contributed by atoms with Crippen molar-refractivity contribution >= 4 is 11.9 Å². The highest BCUT2D eigenvalue weighted by atomic mass is 19.1. The fourth-order valence-corrected chi connectivity index (χ4v) is 4.00. The van der Waals surface area contributed by atoms with E-state index >= 15 is 0 Å². The smallest absolute Gasteiger partial charge is 0.326 e. The average molecular weight is 384 g/mol. The Bertz CT molecular complexity index is 917. The monoisotopic (exact) mass is 384 g/mol. The Labute approximate surface area is 161 Å². The Balaban J connectivity index is 1.68. The molecule has 0 aliphatic carbocycles. The van der Waals surface area contributed by atoms with Gasteiger partial charge in [-0.15, -0.1) is 0 Å². The van der Waals surface area contributed by atoms with E-state index in [0.717, 1.165) is 16.7 Å². The van der Waals surface area contributed by atoms with Gasteiger partial charge in [0.2, 0.25) is 0 Å². The van der Waals surface area contributed by atoms with Crippen LogP contribution in [0.3, 0.4) is 0 Å². The maximum Gasteiger partial charge on any atom is 0.326 e. The number of halogens is 1. The summed E-state index contributed by atoms with van der Waals surface area (Å²) >= 11 is 0. The van der Waals surface area contributed by atoms with Crippen LogP contribution < -0.4 is 5.73 Å². The van der Waals surface area contributed by atoms with Gasteiger partial charge in [-0.2, -0.15) is 0 Å². The van der Waals surface area contributed by atoms with Crippen molar-refractivity contribution in [3.05, 3.63) is 71.0 Å². The van der Waals surface area contributed by atoms with Crippen molar-refractivity contribution in [2.24, 2.45) is 5.73 Å². The lowest BCUT2D eigenvalue weighted by molar-refractivity contribution is -0.144. The molecule has 146 valence electrons. The second-order valence-corrected chi connectivity index (χ2v) is 7.40. The molecule has 2 aliphatic rings. The van der Waals surface area contributed by atoms with Gasteiger partial charge >= 0.3 is 5.97 Å². The van der Waals surface area contributed by atoms with Gasteiger partial charge < -0.3 is 20.5 Å². The Morgan fingerprint density at radius 1 is 1.18 bits per heavy atom. The highest BCUT2D eigenvalue weighted by molar-refractivity contribution is 5.86. The molecule has 3 N–H and O–H groups in total. The predicted octanol–water partition coefficient (Wildman–Crippen LogP) is 1.87. The summed E-state index contributed by atoms with van der Waals surface area (Å²) in [5, 5.41) is 9.30. The van der Waals surface area contributed by atoms with Gasteiger partial charge in [0.15, 0.2) is 0 Å². The molecule has 0 spiro atoms. The van der Waals surface area contributed by atoms with Crippen LogP contribution in [-0.4, -0.2) is 46.7 Å².